The molecule has 3 aromatic rings. The molecule has 0 fully saturated rings. The molecule has 0 atom stereocenters. The SMILES string of the molecule is Nc1ccccc1-c1cnc(N)c(-c2nnc(C3=CCCC=C3)o2)n1. The lowest BCUT2D eigenvalue weighted by molar-refractivity contribution is 0.552. The van der Waals surface area contributed by atoms with Gasteiger partial charge in [-0.15, -0.1) is 10.2 Å². The van der Waals surface area contributed by atoms with E-state index in [1.807, 2.05) is 24.3 Å². The molecule has 2 heterocycles. The Kier molecular flexibility index (Phi) is 3.74. The first-order chi connectivity index (χ1) is 12.2. The van der Waals surface area contributed by atoms with Crippen molar-refractivity contribution in [2.75, 3.05) is 11.5 Å². The molecule has 1 aliphatic rings. The van der Waals surface area contributed by atoms with Gasteiger partial charge in [0.2, 0.25) is 5.89 Å². The van der Waals surface area contributed by atoms with Gasteiger partial charge in [-0.05, 0) is 18.9 Å². The third kappa shape index (κ3) is 2.87. The number of nitrogens with two attached hydrogens (primary N) is 2. The number of hydrogen-bond acceptors (Lipinski definition) is 7. The fourth-order valence-corrected chi connectivity index (χ4v) is 2.62. The molecule has 0 bridgehead atoms. The number of benzene rings is 1. The fraction of sp³-hybridized carbons (Fsp3) is 0.111. The van der Waals surface area contributed by atoms with E-state index < -0.39 is 0 Å². The lowest BCUT2D eigenvalue weighted by Gasteiger charge is -2.06. The van der Waals surface area contributed by atoms with Gasteiger partial charge in [0.05, 0.1) is 11.9 Å². The standard InChI is InChI=1S/C18H16N6O/c19-13-9-5-4-8-12(13)14-10-21-16(20)15(22-14)18-24-23-17(25-18)11-6-2-1-3-7-11/h2,4-10H,1,3,19H2,(H2,20,21). The average Bonchev–Trinajstić information content (AvgIpc) is 3.13. The Hall–Kier alpha value is -3.48. The van der Waals surface area contributed by atoms with E-state index >= 15 is 0 Å². The van der Waals surface area contributed by atoms with Gasteiger partial charge in [0.25, 0.3) is 5.89 Å². The summed E-state index contributed by atoms with van der Waals surface area (Å²) in [6.45, 7) is 0. The molecule has 0 saturated heterocycles. The second kappa shape index (κ2) is 6.20. The molecule has 1 aromatic carbocycles. The summed E-state index contributed by atoms with van der Waals surface area (Å²) in [6, 6.07) is 7.42. The van der Waals surface area contributed by atoms with E-state index in [2.05, 4.69) is 32.3 Å². The quantitative estimate of drug-likeness (QED) is 0.708. The van der Waals surface area contributed by atoms with Crippen molar-refractivity contribution < 1.29 is 4.42 Å². The molecule has 7 nitrogen and oxygen atoms in total. The van der Waals surface area contributed by atoms with Crippen LogP contribution >= 0.6 is 0 Å². The fourth-order valence-electron chi connectivity index (χ4n) is 2.62. The van der Waals surface area contributed by atoms with Crippen LogP contribution in [0.3, 0.4) is 0 Å². The molecular formula is C18H16N6O. The van der Waals surface area contributed by atoms with Gasteiger partial charge in [-0.1, -0.05) is 36.4 Å². The Labute approximate surface area is 144 Å². The van der Waals surface area contributed by atoms with Crippen LogP contribution in [0.2, 0.25) is 0 Å². The molecule has 7 heteroatoms. The Morgan fingerprint density at radius 1 is 1.00 bits per heavy atom. The molecule has 0 aliphatic heterocycles. The maximum Gasteiger partial charge on any atom is 0.270 e. The van der Waals surface area contributed by atoms with Crippen molar-refractivity contribution in [3.05, 3.63) is 54.6 Å². The van der Waals surface area contributed by atoms with E-state index in [0.717, 1.165) is 24.0 Å². The molecule has 0 radical (unpaired) electrons. The van der Waals surface area contributed by atoms with Crippen LogP contribution < -0.4 is 11.5 Å². The number of nitrogen functional groups attached to an aromatic ring is 2. The zero-order valence-electron chi connectivity index (χ0n) is 13.4. The van der Waals surface area contributed by atoms with Gasteiger partial charge in [0.15, 0.2) is 11.5 Å². The first-order valence-corrected chi connectivity index (χ1v) is 7.91. The minimum absolute atomic E-state index is 0.224. The van der Waals surface area contributed by atoms with Gasteiger partial charge in [-0.2, -0.15) is 0 Å². The van der Waals surface area contributed by atoms with Crippen LogP contribution in [0, 0.1) is 0 Å². The first-order valence-electron chi connectivity index (χ1n) is 7.91. The van der Waals surface area contributed by atoms with E-state index in [9.17, 15) is 0 Å². The Morgan fingerprint density at radius 3 is 2.64 bits per heavy atom. The van der Waals surface area contributed by atoms with Gasteiger partial charge >= 0.3 is 0 Å². The monoisotopic (exact) mass is 332 g/mol. The molecule has 4 rings (SSSR count). The number of allylic oxidation sites excluding steroid dienone is 4. The van der Waals surface area contributed by atoms with Crippen LogP contribution in [0.25, 0.3) is 28.4 Å². The zero-order valence-corrected chi connectivity index (χ0v) is 13.4. The summed E-state index contributed by atoms with van der Waals surface area (Å²) in [5.74, 6) is 0.898. The van der Waals surface area contributed by atoms with Crippen LogP contribution in [0.4, 0.5) is 11.5 Å². The molecule has 0 unspecified atom stereocenters. The minimum Gasteiger partial charge on any atom is -0.414 e. The van der Waals surface area contributed by atoms with Gasteiger partial charge in [-0.3, -0.25) is 0 Å². The summed E-state index contributed by atoms with van der Waals surface area (Å²) < 4.78 is 5.76. The normalized spacial score (nSPS) is 13.7. The lowest BCUT2D eigenvalue weighted by atomic mass is 10.1. The topological polar surface area (TPSA) is 117 Å². The number of rotatable bonds is 3. The Balaban J connectivity index is 1.75. The second-order valence-electron chi connectivity index (χ2n) is 5.63. The summed E-state index contributed by atoms with van der Waals surface area (Å²) in [7, 11) is 0. The van der Waals surface area contributed by atoms with Gasteiger partial charge < -0.3 is 15.9 Å². The zero-order chi connectivity index (χ0) is 17.2. The summed E-state index contributed by atoms with van der Waals surface area (Å²) in [5, 5.41) is 8.17. The predicted molar refractivity (Wildman–Crippen MR) is 95.9 cm³/mol. The maximum absolute atomic E-state index is 6.02. The summed E-state index contributed by atoms with van der Waals surface area (Å²) in [6.07, 6.45) is 9.66. The number of anilines is 2. The minimum atomic E-state index is 0.224. The highest BCUT2D eigenvalue weighted by atomic mass is 16.4. The van der Waals surface area contributed by atoms with Crippen molar-refractivity contribution in [3.63, 3.8) is 0 Å². The van der Waals surface area contributed by atoms with E-state index in [0.29, 0.717) is 23.0 Å². The number of aromatic nitrogens is 4. The van der Waals surface area contributed by atoms with Crippen molar-refractivity contribution >= 4 is 17.1 Å². The molecule has 0 saturated carbocycles. The summed E-state index contributed by atoms with van der Waals surface area (Å²) in [5.41, 5.74) is 15.2. The molecule has 0 spiro atoms. The number of nitrogens with zero attached hydrogens (tertiary/aromatic N) is 4. The van der Waals surface area contributed by atoms with E-state index in [1.165, 1.54) is 0 Å². The van der Waals surface area contributed by atoms with Gasteiger partial charge in [0.1, 0.15) is 0 Å². The first kappa shape index (κ1) is 15.1. The maximum atomic E-state index is 6.02. The van der Waals surface area contributed by atoms with Crippen LogP contribution in [0.1, 0.15) is 18.7 Å². The molecule has 0 amide bonds. The van der Waals surface area contributed by atoms with Crippen LogP contribution in [-0.2, 0) is 0 Å². The molecule has 1 aliphatic carbocycles. The van der Waals surface area contributed by atoms with Crippen molar-refractivity contribution in [2.24, 2.45) is 0 Å². The van der Waals surface area contributed by atoms with Crippen LogP contribution in [-0.4, -0.2) is 20.2 Å². The largest absolute Gasteiger partial charge is 0.414 e. The van der Waals surface area contributed by atoms with Crippen molar-refractivity contribution in [1.29, 1.82) is 0 Å². The van der Waals surface area contributed by atoms with Crippen molar-refractivity contribution in [1.82, 2.24) is 20.2 Å². The van der Waals surface area contributed by atoms with Crippen molar-refractivity contribution in [2.45, 2.75) is 12.8 Å². The van der Waals surface area contributed by atoms with Crippen molar-refractivity contribution in [3.8, 4) is 22.8 Å². The highest BCUT2D eigenvalue weighted by Crippen LogP contribution is 2.29. The third-order valence-electron chi connectivity index (χ3n) is 3.91. The summed E-state index contributed by atoms with van der Waals surface area (Å²) >= 11 is 0. The van der Waals surface area contributed by atoms with Gasteiger partial charge in [0, 0.05) is 16.8 Å². The van der Waals surface area contributed by atoms with E-state index in [1.54, 1.807) is 12.3 Å². The predicted octanol–water partition coefficient (Wildman–Crippen LogP) is 3.09. The lowest BCUT2D eigenvalue weighted by Crippen LogP contribution is -2.00. The second-order valence-corrected chi connectivity index (χ2v) is 5.63. The highest BCUT2D eigenvalue weighted by molar-refractivity contribution is 5.76. The number of hydrogen-bond donors (Lipinski definition) is 2. The number of para-hydroxylation sites is 1. The molecule has 124 valence electrons. The smallest absolute Gasteiger partial charge is 0.270 e. The molecule has 25 heavy (non-hydrogen) atoms. The van der Waals surface area contributed by atoms with Crippen LogP contribution in [0.15, 0.2) is 53.1 Å². The van der Waals surface area contributed by atoms with E-state index in [-0.39, 0.29) is 11.7 Å². The molecule has 2 aromatic heterocycles. The molecular weight excluding hydrogens is 316 g/mol. The third-order valence-corrected chi connectivity index (χ3v) is 3.91. The van der Waals surface area contributed by atoms with Gasteiger partial charge in [-0.25, -0.2) is 9.97 Å². The van der Waals surface area contributed by atoms with E-state index in [4.69, 9.17) is 15.9 Å². The Bertz CT molecular complexity index is 989. The van der Waals surface area contributed by atoms with Crippen LogP contribution in [0.5, 0.6) is 0 Å². The Morgan fingerprint density at radius 2 is 1.84 bits per heavy atom. The molecule has 4 N–H and O–H groups in total. The summed E-state index contributed by atoms with van der Waals surface area (Å²) in [4.78, 5) is 8.73. The average molecular weight is 332 g/mol. The highest BCUT2D eigenvalue weighted by Gasteiger charge is 2.18.